The molecular weight excluding hydrogens is 310 g/mol. The molecule has 19 heavy (non-hydrogen) atoms. The van der Waals surface area contributed by atoms with Gasteiger partial charge < -0.3 is 4.74 Å². The van der Waals surface area contributed by atoms with Gasteiger partial charge in [0, 0.05) is 0 Å². The van der Waals surface area contributed by atoms with Gasteiger partial charge in [0.15, 0.2) is 0 Å². The van der Waals surface area contributed by atoms with Crippen molar-refractivity contribution in [1.82, 2.24) is 4.72 Å². The van der Waals surface area contributed by atoms with Crippen LogP contribution in [-0.4, -0.2) is 27.5 Å². The fourth-order valence-corrected chi connectivity index (χ4v) is 4.43. The molecule has 0 aliphatic rings. The minimum atomic E-state index is -3.78. The van der Waals surface area contributed by atoms with Crippen molar-refractivity contribution in [3.8, 4) is 0 Å². The van der Waals surface area contributed by atoms with Gasteiger partial charge in [0.25, 0.3) is 10.0 Å². The Hall–Kier alpha value is -0.630. The lowest BCUT2D eigenvalue weighted by molar-refractivity contribution is -0.143. The summed E-state index contributed by atoms with van der Waals surface area (Å²) >= 11 is 6.82. The molecule has 0 aromatic carbocycles. The summed E-state index contributed by atoms with van der Waals surface area (Å²) in [7, 11) is -2.56. The lowest BCUT2D eigenvalue weighted by Gasteiger charge is -2.19. The van der Waals surface area contributed by atoms with Gasteiger partial charge in [-0.1, -0.05) is 25.4 Å². The number of carbonyl (C=O) groups is 1. The molecule has 0 fully saturated rings. The minimum Gasteiger partial charge on any atom is -0.468 e. The van der Waals surface area contributed by atoms with E-state index in [0.717, 1.165) is 11.3 Å². The molecule has 0 radical (unpaired) electrons. The number of halogens is 1. The minimum absolute atomic E-state index is 0.0875. The molecule has 1 aromatic rings. The van der Waals surface area contributed by atoms with Crippen molar-refractivity contribution < 1.29 is 17.9 Å². The summed E-state index contributed by atoms with van der Waals surface area (Å²) in [5.41, 5.74) is 0.686. The van der Waals surface area contributed by atoms with Crippen molar-refractivity contribution in [2.24, 2.45) is 5.92 Å². The van der Waals surface area contributed by atoms with Gasteiger partial charge in [-0.25, -0.2) is 8.42 Å². The van der Waals surface area contributed by atoms with Crippen molar-refractivity contribution in [3.63, 3.8) is 0 Å². The normalized spacial score (nSPS) is 13.6. The Morgan fingerprint density at radius 2 is 2.05 bits per heavy atom. The third-order valence-corrected chi connectivity index (χ3v) is 5.97. The van der Waals surface area contributed by atoms with Crippen LogP contribution in [0.4, 0.5) is 0 Å². The zero-order chi connectivity index (χ0) is 14.8. The van der Waals surface area contributed by atoms with E-state index in [-0.39, 0.29) is 10.1 Å². The number of esters is 1. The first-order valence-corrected chi connectivity index (χ1v) is 8.23. The summed E-state index contributed by atoms with van der Waals surface area (Å²) in [6, 6.07) is 0.556. The number of methoxy groups -OCH3 is 1. The molecule has 8 heteroatoms. The van der Waals surface area contributed by atoms with E-state index in [4.69, 9.17) is 11.6 Å². The van der Waals surface area contributed by atoms with E-state index in [0.29, 0.717) is 9.90 Å². The van der Waals surface area contributed by atoms with Crippen molar-refractivity contribution in [2.75, 3.05) is 7.11 Å². The van der Waals surface area contributed by atoms with E-state index >= 15 is 0 Å². The van der Waals surface area contributed by atoms with Gasteiger partial charge in [0.1, 0.15) is 10.3 Å². The fourth-order valence-electron chi connectivity index (χ4n) is 1.37. The van der Waals surface area contributed by atoms with Crippen LogP contribution in [0.25, 0.3) is 0 Å². The Balaban J connectivity index is 3.04. The van der Waals surface area contributed by atoms with E-state index in [2.05, 4.69) is 9.46 Å². The SMILES string of the molecule is COC(=O)C(NS(=O)(=O)c1cc(C)c(Cl)s1)C(C)C. The molecule has 0 saturated heterocycles. The van der Waals surface area contributed by atoms with E-state index in [1.807, 2.05) is 0 Å². The van der Waals surface area contributed by atoms with E-state index in [1.54, 1.807) is 20.8 Å². The van der Waals surface area contributed by atoms with E-state index in [9.17, 15) is 13.2 Å². The van der Waals surface area contributed by atoms with Crippen LogP contribution in [0, 0.1) is 12.8 Å². The maximum absolute atomic E-state index is 12.2. The summed E-state index contributed by atoms with van der Waals surface area (Å²) < 4.78 is 31.8. The maximum Gasteiger partial charge on any atom is 0.324 e. The zero-order valence-electron chi connectivity index (χ0n) is 11.1. The highest BCUT2D eigenvalue weighted by Crippen LogP contribution is 2.30. The Kier molecular flexibility index (Phi) is 5.37. The molecule has 0 spiro atoms. The number of carbonyl (C=O) groups excluding carboxylic acids is 1. The molecule has 0 aliphatic heterocycles. The fraction of sp³-hybridized carbons (Fsp3) is 0.545. The topological polar surface area (TPSA) is 72.5 Å². The highest BCUT2D eigenvalue weighted by molar-refractivity contribution is 7.91. The summed E-state index contributed by atoms with van der Waals surface area (Å²) in [5.74, 6) is -0.836. The molecular formula is C11H16ClNO4S2. The lowest BCUT2D eigenvalue weighted by Crippen LogP contribution is -2.44. The average molecular weight is 326 g/mol. The smallest absolute Gasteiger partial charge is 0.324 e. The highest BCUT2D eigenvalue weighted by atomic mass is 35.5. The largest absolute Gasteiger partial charge is 0.468 e. The van der Waals surface area contributed by atoms with Gasteiger partial charge in [-0.3, -0.25) is 4.79 Å². The van der Waals surface area contributed by atoms with Gasteiger partial charge in [-0.15, -0.1) is 11.3 Å². The number of sulfonamides is 1. The van der Waals surface area contributed by atoms with Crippen LogP contribution in [-0.2, 0) is 19.6 Å². The van der Waals surface area contributed by atoms with Gasteiger partial charge in [0.05, 0.1) is 11.4 Å². The van der Waals surface area contributed by atoms with Gasteiger partial charge >= 0.3 is 5.97 Å². The van der Waals surface area contributed by atoms with Gasteiger partial charge in [-0.2, -0.15) is 4.72 Å². The summed E-state index contributed by atoms with van der Waals surface area (Å²) in [4.78, 5) is 11.6. The number of hydrogen-bond donors (Lipinski definition) is 1. The first kappa shape index (κ1) is 16.4. The first-order valence-electron chi connectivity index (χ1n) is 5.55. The van der Waals surface area contributed by atoms with Crippen LogP contribution < -0.4 is 4.72 Å². The van der Waals surface area contributed by atoms with Crippen LogP contribution >= 0.6 is 22.9 Å². The summed E-state index contributed by atoms with van der Waals surface area (Å²) in [6.07, 6.45) is 0. The number of ether oxygens (including phenoxy) is 1. The molecule has 1 atom stereocenters. The molecule has 1 rings (SSSR count). The third-order valence-electron chi connectivity index (χ3n) is 2.50. The molecule has 0 bridgehead atoms. The lowest BCUT2D eigenvalue weighted by atomic mass is 10.1. The van der Waals surface area contributed by atoms with Gasteiger partial charge in [0.2, 0.25) is 0 Å². The summed E-state index contributed by atoms with van der Waals surface area (Å²) in [6.45, 7) is 5.19. The monoisotopic (exact) mass is 325 g/mol. The maximum atomic E-state index is 12.2. The van der Waals surface area contributed by atoms with Crippen LogP contribution in [0.1, 0.15) is 19.4 Å². The predicted octanol–water partition coefficient (Wildman–Crippen LogP) is 2.19. The molecule has 1 N–H and O–H groups in total. The van der Waals surface area contributed by atoms with Crippen molar-refractivity contribution >= 4 is 38.9 Å². The second-order valence-electron chi connectivity index (χ2n) is 4.39. The number of aryl methyl sites for hydroxylation is 1. The Morgan fingerprint density at radius 1 is 1.47 bits per heavy atom. The molecule has 1 heterocycles. The molecule has 0 amide bonds. The molecule has 1 unspecified atom stereocenters. The second kappa shape index (κ2) is 6.21. The Labute approximate surface area is 122 Å². The van der Waals surface area contributed by atoms with Crippen LogP contribution in [0.15, 0.2) is 10.3 Å². The summed E-state index contributed by atoms with van der Waals surface area (Å²) in [5, 5.41) is 0. The van der Waals surface area contributed by atoms with Crippen molar-refractivity contribution in [2.45, 2.75) is 31.0 Å². The number of thiophene rings is 1. The van der Waals surface area contributed by atoms with Crippen molar-refractivity contribution in [1.29, 1.82) is 0 Å². The molecule has 5 nitrogen and oxygen atoms in total. The number of hydrogen-bond acceptors (Lipinski definition) is 5. The second-order valence-corrected chi connectivity index (χ2v) is 7.98. The Morgan fingerprint density at radius 3 is 2.42 bits per heavy atom. The highest BCUT2D eigenvalue weighted by Gasteiger charge is 2.30. The van der Waals surface area contributed by atoms with Crippen molar-refractivity contribution in [3.05, 3.63) is 16.0 Å². The number of nitrogens with one attached hydrogen (secondary N) is 1. The first-order chi connectivity index (χ1) is 8.69. The van der Waals surface area contributed by atoms with E-state index < -0.39 is 22.0 Å². The third kappa shape index (κ3) is 3.92. The van der Waals surface area contributed by atoms with Crippen LogP contribution in [0.3, 0.4) is 0 Å². The molecule has 0 saturated carbocycles. The standard InChI is InChI=1S/C11H16ClNO4S2/c1-6(2)9(11(14)17-4)13-19(15,16)8-5-7(3)10(12)18-8/h5-6,9,13H,1-4H3. The van der Waals surface area contributed by atoms with Gasteiger partial charge in [-0.05, 0) is 24.5 Å². The Bertz CT molecular complexity index is 546. The number of rotatable bonds is 5. The average Bonchev–Trinajstić information content (AvgIpc) is 2.66. The molecule has 1 aromatic heterocycles. The zero-order valence-corrected chi connectivity index (χ0v) is 13.4. The molecule has 0 aliphatic carbocycles. The van der Waals surface area contributed by atoms with Crippen LogP contribution in [0.5, 0.6) is 0 Å². The molecule has 108 valence electrons. The predicted molar refractivity (Wildman–Crippen MR) is 75.0 cm³/mol. The van der Waals surface area contributed by atoms with E-state index in [1.165, 1.54) is 13.2 Å². The quantitative estimate of drug-likeness (QED) is 0.842. The van der Waals surface area contributed by atoms with Crippen LogP contribution in [0.2, 0.25) is 4.34 Å².